The van der Waals surface area contributed by atoms with Crippen molar-refractivity contribution in [2.75, 3.05) is 6.54 Å². The lowest BCUT2D eigenvalue weighted by molar-refractivity contribution is -0.139. The fourth-order valence-electron chi connectivity index (χ4n) is 3.23. The van der Waals surface area contributed by atoms with E-state index in [0.717, 1.165) is 12.0 Å². The summed E-state index contributed by atoms with van der Waals surface area (Å²) in [6.07, 6.45) is 2.09. The molecular formula is C19H29N5O2. The quantitative estimate of drug-likeness (QED) is 0.427. The molecule has 2 atom stereocenters. The van der Waals surface area contributed by atoms with Crippen LogP contribution in [0.25, 0.3) is 0 Å². The average molecular weight is 359 g/mol. The van der Waals surface area contributed by atoms with Gasteiger partial charge in [-0.2, -0.15) is 0 Å². The molecule has 7 heteroatoms. The number of benzene rings is 1. The standard InChI is InChI=1S/C19H29N5O2/c1-12(2)10-15(20)19(26)24-9-3-4-16(24)18(25)23-11-13-5-7-14(8-6-13)17(21)22/h5-8,12,15-16H,3-4,9-11,20H2,1-2H3,(H3,21,22)(H,23,25). The van der Waals surface area contributed by atoms with Gasteiger partial charge < -0.3 is 21.7 Å². The van der Waals surface area contributed by atoms with Crippen LogP contribution in [-0.2, 0) is 16.1 Å². The molecule has 1 saturated heterocycles. The Labute approximate surface area is 154 Å². The molecule has 0 spiro atoms. The molecule has 2 rings (SSSR count). The third kappa shape index (κ3) is 5.05. The van der Waals surface area contributed by atoms with Crippen LogP contribution in [0.2, 0.25) is 0 Å². The number of nitrogens with one attached hydrogen (secondary N) is 2. The molecule has 1 aromatic carbocycles. The second-order valence-electron chi connectivity index (χ2n) is 7.25. The van der Waals surface area contributed by atoms with Gasteiger partial charge in [-0.3, -0.25) is 15.0 Å². The summed E-state index contributed by atoms with van der Waals surface area (Å²) in [5, 5.41) is 10.3. The number of hydrogen-bond acceptors (Lipinski definition) is 4. The van der Waals surface area contributed by atoms with Crippen molar-refractivity contribution in [1.29, 1.82) is 5.41 Å². The average Bonchev–Trinajstić information content (AvgIpc) is 3.08. The van der Waals surface area contributed by atoms with Crippen LogP contribution in [0, 0.1) is 11.3 Å². The summed E-state index contributed by atoms with van der Waals surface area (Å²) in [5.41, 5.74) is 13.0. The van der Waals surface area contributed by atoms with Crippen LogP contribution in [0.4, 0.5) is 0 Å². The molecule has 1 heterocycles. The topological polar surface area (TPSA) is 125 Å². The zero-order valence-corrected chi connectivity index (χ0v) is 15.5. The van der Waals surface area contributed by atoms with Gasteiger partial charge in [0.25, 0.3) is 0 Å². The number of nitrogens with zero attached hydrogens (tertiary/aromatic N) is 1. The van der Waals surface area contributed by atoms with Gasteiger partial charge in [-0.1, -0.05) is 38.1 Å². The Kier molecular flexibility index (Phi) is 6.74. The smallest absolute Gasteiger partial charge is 0.243 e. The minimum atomic E-state index is -0.553. The molecule has 1 fully saturated rings. The van der Waals surface area contributed by atoms with Crippen LogP contribution >= 0.6 is 0 Å². The van der Waals surface area contributed by atoms with Crippen molar-refractivity contribution >= 4 is 17.6 Å². The van der Waals surface area contributed by atoms with Crippen LogP contribution in [0.15, 0.2) is 24.3 Å². The third-order valence-electron chi connectivity index (χ3n) is 4.61. The van der Waals surface area contributed by atoms with E-state index in [1.165, 1.54) is 0 Å². The number of hydrogen-bond donors (Lipinski definition) is 4. The van der Waals surface area contributed by atoms with E-state index in [0.29, 0.717) is 37.4 Å². The SMILES string of the molecule is CC(C)CC(N)C(=O)N1CCCC1C(=O)NCc1ccc(C(=N)N)cc1. The Morgan fingerprint density at radius 3 is 2.54 bits per heavy atom. The van der Waals surface area contributed by atoms with E-state index in [4.69, 9.17) is 16.9 Å². The summed E-state index contributed by atoms with van der Waals surface area (Å²) in [7, 11) is 0. The molecule has 0 aliphatic carbocycles. The summed E-state index contributed by atoms with van der Waals surface area (Å²) in [4.78, 5) is 26.7. The first-order chi connectivity index (χ1) is 12.3. The maximum absolute atomic E-state index is 12.6. The van der Waals surface area contributed by atoms with Crippen LogP contribution in [0.1, 0.15) is 44.2 Å². The van der Waals surface area contributed by atoms with Crippen molar-refractivity contribution < 1.29 is 9.59 Å². The Morgan fingerprint density at radius 1 is 1.31 bits per heavy atom. The molecule has 6 N–H and O–H groups in total. The molecule has 1 aliphatic rings. The van der Waals surface area contributed by atoms with Gasteiger partial charge in [0.05, 0.1) is 6.04 Å². The van der Waals surface area contributed by atoms with Crippen molar-refractivity contribution in [3.63, 3.8) is 0 Å². The number of amides is 2. The number of nitrogen functional groups attached to an aromatic ring is 1. The molecule has 2 amide bonds. The van der Waals surface area contributed by atoms with Gasteiger partial charge in [0.15, 0.2) is 0 Å². The van der Waals surface area contributed by atoms with E-state index in [-0.39, 0.29) is 17.6 Å². The normalized spacial score (nSPS) is 18.0. The minimum absolute atomic E-state index is 0.0124. The lowest BCUT2D eigenvalue weighted by Gasteiger charge is -2.27. The predicted octanol–water partition coefficient (Wildman–Crippen LogP) is 0.951. The molecule has 7 nitrogen and oxygen atoms in total. The molecule has 0 bridgehead atoms. The second-order valence-corrected chi connectivity index (χ2v) is 7.25. The van der Waals surface area contributed by atoms with Gasteiger partial charge in [-0.25, -0.2) is 0 Å². The molecule has 1 aliphatic heterocycles. The van der Waals surface area contributed by atoms with Crippen molar-refractivity contribution in [3.8, 4) is 0 Å². The highest BCUT2D eigenvalue weighted by Crippen LogP contribution is 2.20. The summed E-state index contributed by atoms with van der Waals surface area (Å²) in [6.45, 7) is 5.00. The first kappa shape index (κ1) is 19.9. The highest BCUT2D eigenvalue weighted by atomic mass is 16.2. The Morgan fingerprint density at radius 2 is 1.96 bits per heavy atom. The third-order valence-corrected chi connectivity index (χ3v) is 4.61. The van der Waals surface area contributed by atoms with Crippen LogP contribution in [-0.4, -0.2) is 41.2 Å². The van der Waals surface area contributed by atoms with Crippen molar-refractivity contribution in [2.24, 2.45) is 17.4 Å². The van der Waals surface area contributed by atoms with Gasteiger partial charge in [-0.15, -0.1) is 0 Å². The minimum Gasteiger partial charge on any atom is -0.384 e. The van der Waals surface area contributed by atoms with E-state index in [1.54, 1.807) is 17.0 Å². The summed E-state index contributed by atoms with van der Waals surface area (Å²) < 4.78 is 0. The number of rotatable bonds is 7. The number of carbonyl (C=O) groups is 2. The fourth-order valence-corrected chi connectivity index (χ4v) is 3.23. The lowest BCUT2D eigenvalue weighted by Crippen LogP contribution is -2.51. The number of likely N-dealkylation sites (tertiary alicyclic amines) is 1. The van der Waals surface area contributed by atoms with Crippen molar-refractivity contribution in [1.82, 2.24) is 10.2 Å². The molecule has 142 valence electrons. The van der Waals surface area contributed by atoms with E-state index in [2.05, 4.69) is 5.32 Å². The maximum atomic E-state index is 12.6. The first-order valence-corrected chi connectivity index (χ1v) is 9.06. The van der Waals surface area contributed by atoms with E-state index in [9.17, 15) is 9.59 Å². The fraction of sp³-hybridized carbons (Fsp3) is 0.526. The molecule has 1 aromatic rings. The molecule has 0 radical (unpaired) electrons. The summed E-state index contributed by atoms with van der Waals surface area (Å²) in [5.74, 6) is 0.0608. The van der Waals surface area contributed by atoms with Crippen LogP contribution in [0.5, 0.6) is 0 Å². The Balaban J connectivity index is 1.93. The van der Waals surface area contributed by atoms with Gasteiger partial charge in [0.1, 0.15) is 11.9 Å². The van der Waals surface area contributed by atoms with Gasteiger partial charge in [-0.05, 0) is 30.7 Å². The highest BCUT2D eigenvalue weighted by molar-refractivity contribution is 5.95. The van der Waals surface area contributed by atoms with Gasteiger partial charge in [0, 0.05) is 18.7 Å². The molecule has 0 aromatic heterocycles. The zero-order valence-electron chi connectivity index (χ0n) is 15.5. The molecule has 2 unspecified atom stereocenters. The molecular weight excluding hydrogens is 330 g/mol. The summed E-state index contributed by atoms with van der Waals surface area (Å²) >= 11 is 0. The van der Waals surface area contributed by atoms with E-state index < -0.39 is 12.1 Å². The summed E-state index contributed by atoms with van der Waals surface area (Å²) in [6, 6.07) is 6.15. The monoisotopic (exact) mass is 359 g/mol. The van der Waals surface area contributed by atoms with E-state index in [1.807, 2.05) is 26.0 Å². The Bertz CT molecular complexity index is 656. The zero-order chi connectivity index (χ0) is 19.3. The number of amidine groups is 1. The highest BCUT2D eigenvalue weighted by Gasteiger charge is 2.36. The molecule has 26 heavy (non-hydrogen) atoms. The maximum Gasteiger partial charge on any atom is 0.243 e. The van der Waals surface area contributed by atoms with Crippen LogP contribution in [0.3, 0.4) is 0 Å². The number of carbonyl (C=O) groups excluding carboxylic acids is 2. The van der Waals surface area contributed by atoms with Crippen molar-refractivity contribution in [2.45, 2.75) is 51.7 Å². The number of nitrogens with two attached hydrogens (primary N) is 2. The van der Waals surface area contributed by atoms with Crippen molar-refractivity contribution in [3.05, 3.63) is 35.4 Å². The largest absolute Gasteiger partial charge is 0.384 e. The first-order valence-electron chi connectivity index (χ1n) is 9.06. The Hall–Kier alpha value is -2.41. The lowest BCUT2D eigenvalue weighted by atomic mass is 10.0. The predicted molar refractivity (Wildman–Crippen MR) is 101 cm³/mol. The van der Waals surface area contributed by atoms with Gasteiger partial charge in [0.2, 0.25) is 11.8 Å². The second kappa shape index (κ2) is 8.80. The van der Waals surface area contributed by atoms with E-state index >= 15 is 0 Å². The van der Waals surface area contributed by atoms with Gasteiger partial charge >= 0.3 is 0 Å². The van der Waals surface area contributed by atoms with Crippen LogP contribution < -0.4 is 16.8 Å². The molecule has 0 saturated carbocycles.